The fraction of sp³-hybridized carbons (Fsp3) is 0.567. The normalized spacial score (nSPS) is 22.9. The molecular formula is C30H42N2O7S. The Morgan fingerprint density at radius 3 is 2.42 bits per heavy atom. The second-order valence-electron chi connectivity index (χ2n) is 11.2. The lowest BCUT2D eigenvalue weighted by Crippen LogP contribution is -2.53. The van der Waals surface area contributed by atoms with Crippen molar-refractivity contribution < 1.29 is 32.5 Å². The number of methoxy groups -OCH3 is 1. The van der Waals surface area contributed by atoms with E-state index in [0.29, 0.717) is 38.2 Å². The van der Waals surface area contributed by atoms with Crippen molar-refractivity contribution in [1.29, 1.82) is 0 Å². The van der Waals surface area contributed by atoms with E-state index in [-0.39, 0.29) is 35.7 Å². The molecule has 2 aliphatic heterocycles. The number of nitrogens with zero attached hydrogens (tertiary/aromatic N) is 1. The van der Waals surface area contributed by atoms with E-state index in [2.05, 4.69) is 5.32 Å². The third kappa shape index (κ3) is 7.61. The Labute approximate surface area is 237 Å². The molecule has 2 aliphatic rings. The van der Waals surface area contributed by atoms with Crippen LogP contribution in [0.4, 0.5) is 0 Å². The van der Waals surface area contributed by atoms with Gasteiger partial charge in [0, 0.05) is 31.8 Å². The summed E-state index contributed by atoms with van der Waals surface area (Å²) in [4.78, 5) is 13.6. The number of rotatable bonds is 12. The summed E-state index contributed by atoms with van der Waals surface area (Å²) < 4.78 is 45.6. The monoisotopic (exact) mass is 574 g/mol. The first-order chi connectivity index (χ1) is 19.1. The molecule has 9 nitrogen and oxygen atoms in total. The van der Waals surface area contributed by atoms with Crippen LogP contribution in [-0.2, 0) is 30.7 Å². The van der Waals surface area contributed by atoms with Crippen LogP contribution in [0, 0.1) is 11.8 Å². The van der Waals surface area contributed by atoms with Crippen LogP contribution in [-0.4, -0.2) is 75.1 Å². The van der Waals surface area contributed by atoms with E-state index in [1.807, 2.05) is 44.2 Å². The van der Waals surface area contributed by atoms with E-state index in [4.69, 9.17) is 14.2 Å². The molecule has 220 valence electrons. The maximum Gasteiger partial charge on any atom is 0.243 e. The predicted octanol–water partition coefficient (Wildman–Crippen LogP) is 3.36. The van der Waals surface area contributed by atoms with Crippen molar-refractivity contribution >= 4 is 15.9 Å². The quantitative estimate of drug-likeness (QED) is 0.400. The number of ether oxygens (including phenoxy) is 3. The third-order valence-electron chi connectivity index (χ3n) is 7.57. The van der Waals surface area contributed by atoms with Gasteiger partial charge in [0.25, 0.3) is 0 Å². The third-order valence-corrected chi connectivity index (χ3v) is 9.42. The minimum absolute atomic E-state index is 0.0206. The van der Waals surface area contributed by atoms with Crippen LogP contribution >= 0.6 is 0 Å². The van der Waals surface area contributed by atoms with Gasteiger partial charge in [-0.25, -0.2) is 8.42 Å². The number of hydrogen-bond acceptors (Lipinski definition) is 7. The molecule has 2 heterocycles. The first kappa shape index (κ1) is 30.5. The molecule has 0 saturated carbocycles. The van der Waals surface area contributed by atoms with Gasteiger partial charge >= 0.3 is 0 Å². The van der Waals surface area contributed by atoms with Crippen molar-refractivity contribution in [2.24, 2.45) is 11.8 Å². The highest BCUT2D eigenvalue weighted by Gasteiger charge is 2.44. The Hall–Kier alpha value is -2.50. The van der Waals surface area contributed by atoms with E-state index in [9.17, 15) is 18.3 Å². The van der Waals surface area contributed by atoms with Crippen LogP contribution in [0.1, 0.15) is 45.1 Å². The molecule has 10 heteroatoms. The lowest BCUT2D eigenvalue weighted by molar-refractivity contribution is -0.239. The summed E-state index contributed by atoms with van der Waals surface area (Å²) in [6, 6.07) is 15.1. The number of sulfonamides is 1. The fourth-order valence-electron chi connectivity index (χ4n) is 5.46. The zero-order valence-corrected chi connectivity index (χ0v) is 24.4. The van der Waals surface area contributed by atoms with E-state index in [0.717, 1.165) is 18.4 Å². The molecule has 2 aromatic carbocycles. The molecule has 2 fully saturated rings. The minimum Gasteiger partial charge on any atom is -0.497 e. The molecule has 0 radical (unpaired) electrons. The summed E-state index contributed by atoms with van der Waals surface area (Å²) in [5.41, 5.74) is 0.933. The van der Waals surface area contributed by atoms with Crippen molar-refractivity contribution in [3.05, 3.63) is 60.2 Å². The maximum atomic E-state index is 13.7. The molecule has 1 spiro atoms. The molecule has 4 atom stereocenters. The van der Waals surface area contributed by atoms with Gasteiger partial charge in [0.15, 0.2) is 5.79 Å². The fourth-order valence-corrected chi connectivity index (χ4v) is 7.08. The van der Waals surface area contributed by atoms with E-state index in [1.54, 1.807) is 12.1 Å². The lowest BCUT2D eigenvalue weighted by Gasteiger charge is -2.37. The van der Waals surface area contributed by atoms with Crippen LogP contribution in [0.15, 0.2) is 59.5 Å². The molecule has 0 aromatic heterocycles. The van der Waals surface area contributed by atoms with Crippen molar-refractivity contribution in [3.63, 3.8) is 0 Å². The standard InChI is InChI=1S/C30H42N2O7S/c1-22(2)20-32(40(35,36)26-12-10-25(37-3)11-13-26)21-28(33)27(18-23-8-5-4-6-9-23)31-29(34)24-14-17-39-30(19-24)15-7-16-38-30/h4-6,8-13,22,24,27-28,33H,7,14-21H2,1-3H3,(H,31,34)/t24-,27-,28+,30-/m0/s1. The Morgan fingerprint density at radius 2 is 1.80 bits per heavy atom. The Kier molecular flexibility index (Phi) is 10.2. The Morgan fingerprint density at radius 1 is 1.10 bits per heavy atom. The van der Waals surface area contributed by atoms with Gasteiger partial charge in [0.05, 0.1) is 37.4 Å². The Bertz CT molecular complexity index is 1200. The molecule has 1 amide bonds. The van der Waals surface area contributed by atoms with E-state index in [1.165, 1.54) is 23.5 Å². The van der Waals surface area contributed by atoms with Gasteiger partial charge in [-0.2, -0.15) is 4.31 Å². The highest BCUT2D eigenvalue weighted by Crippen LogP contribution is 2.38. The number of amides is 1. The number of hydrogen-bond donors (Lipinski definition) is 2. The second kappa shape index (κ2) is 13.4. The predicted molar refractivity (Wildman–Crippen MR) is 151 cm³/mol. The van der Waals surface area contributed by atoms with E-state index < -0.39 is 28.0 Å². The van der Waals surface area contributed by atoms with Crippen LogP contribution in [0.25, 0.3) is 0 Å². The second-order valence-corrected chi connectivity index (χ2v) is 13.1. The average molecular weight is 575 g/mol. The largest absolute Gasteiger partial charge is 0.497 e. The number of nitrogens with one attached hydrogen (secondary N) is 1. The van der Waals surface area contributed by atoms with Gasteiger partial charge in [-0.1, -0.05) is 44.2 Å². The zero-order chi connectivity index (χ0) is 28.8. The van der Waals surface area contributed by atoms with Gasteiger partial charge in [0.1, 0.15) is 5.75 Å². The van der Waals surface area contributed by atoms with Crippen LogP contribution < -0.4 is 10.1 Å². The SMILES string of the molecule is COc1ccc(S(=O)(=O)N(CC(C)C)C[C@@H](O)[C@H](Cc2ccccc2)NC(=O)[C@H]2CCO[C@@]3(CCCO3)C2)cc1. The topological polar surface area (TPSA) is 114 Å². The van der Waals surface area contributed by atoms with Gasteiger partial charge in [-0.15, -0.1) is 0 Å². The van der Waals surface area contributed by atoms with Crippen LogP contribution in [0.2, 0.25) is 0 Å². The summed E-state index contributed by atoms with van der Waals surface area (Å²) in [6.07, 6.45) is 1.91. The number of aliphatic hydroxyl groups is 1. The molecule has 0 unspecified atom stereocenters. The summed E-state index contributed by atoms with van der Waals surface area (Å²) in [5, 5.41) is 14.6. The Balaban J connectivity index is 1.54. The van der Waals surface area contributed by atoms with E-state index >= 15 is 0 Å². The first-order valence-corrected chi connectivity index (χ1v) is 15.5. The maximum absolute atomic E-state index is 13.7. The molecule has 0 bridgehead atoms. The molecule has 40 heavy (non-hydrogen) atoms. The molecular weight excluding hydrogens is 532 g/mol. The molecule has 2 saturated heterocycles. The number of benzene rings is 2. The number of carbonyl (C=O) groups is 1. The molecule has 0 aliphatic carbocycles. The van der Waals surface area contributed by atoms with Gasteiger partial charge in [-0.3, -0.25) is 4.79 Å². The average Bonchev–Trinajstić information content (AvgIpc) is 3.39. The summed E-state index contributed by atoms with van der Waals surface area (Å²) in [5.74, 6) is -0.613. The van der Waals surface area contributed by atoms with Gasteiger partial charge in [-0.05, 0) is 55.0 Å². The van der Waals surface area contributed by atoms with Gasteiger partial charge < -0.3 is 24.6 Å². The first-order valence-electron chi connectivity index (χ1n) is 14.1. The highest BCUT2D eigenvalue weighted by atomic mass is 32.2. The highest BCUT2D eigenvalue weighted by molar-refractivity contribution is 7.89. The smallest absolute Gasteiger partial charge is 0.243 e. The minimum atomic E-state index is -3.91. The van der Waals surface area contributed by atoms with Gasteiger partial charge in [0.2, 0.25) is 15.9 Å². The van der Waals surface area contributed by atoms with Crippen molar-refractivity contribution in [1.82, 2.24) is 9.62 Å². The molecule has 2 aromatic rings. The summed E-state index contributed by atoms with van der Waals surface area (Å²) >= 11 is 0. The number of carbonyl (C=O) groups excluding carboxylic acids is 1. The molecule has 2 N–H and O–H groups in total. The summed E-state index contributed by atoms with van der Waals surface area (Å²) in [7, 11) is -2.39. The van der Waals surface area contributed by atoms with Crippen LogP contribution in [0.5, 0.6) is 5.75 Å². The summed E-state index contributed by atoms with van der Waals surface area (Å²) in [6.45, 7) is 4.98. The zero-order valence-electron chi connectivity index (χ0n) is 23.6. The lowest BCUT2D eigenvalue weighted by atomic mass is 9.90. The molecule has 4 rings (SSSR count). The van der Waals surface area contributed by atoms with Crippen molar-refractivity contribution in [3.8, 4) is 5.75 Å². The van der Waals surface area contributed by atoms with Crippen molar-refractivity contribution in [2.45, 2.75) is 68.8 Å². The van der Waals surface area contributed by atoms with Crippen molar-refractivity contribution in [2.75, 3.05) is 33.4 Å². The van der Waals surface area contributed by atoms with Crippen LogP contribution in [0.3, 0.4) is 0 Å². The number of aliphatic hydroxyl groups excluding tert-OH is 1.